The van der Waals surface area contributed by atoms with Gasteiger partial charge in [0.25, 0.3) is 0 Å². The van der Waals surface area contributed by atoms with Crippen LogP contribution in [0.5, 0.6) is 0 Å². The van der Waals surface area contributed by atoms with Crippen LogP contribution in [0, 0.1) is 0 Å². The standard InChI is InChI=1S/C14H22N2O2S/c1-19(17,18)13-12-15-8-5-9-16(11-10-15)14-6-3-2-4-7-14/h2-4,6-7H,5,8-13H2,1H3. The molecule has 1 heterocycles. The Hall–Kier alpha value is -1.07. The molecule has 0 radical (unpaired) electrons. The van der Waals surface area contributed by atoms with Crippen LogP contribution in [0.15, 0.2) is 30.3 Å². The van der Waals surface area contributed by atoms with Crippen LogP contribution < -0.4 is 4.90 Å². The molecule has 1 aromatic rings. The lowest BCUT2D eigenvalue weighted by Crippen LogP contribution is -2.33. The van der Waals surface area contributed by atoms with Gasteiger partial charge in [-0.25, -0.2) is 8.42 Å². The first kappa shape index (κ1) is 14.3. The zero-order valence-electron chi connectivity index (χ0n) is 11.5. The van der Waals surface area contributed by atoms with Gasteiger partial charge < -0.3 is 9.80 Å². The summed E-state index contributed by atoms with van der Waals surface area (Å²) < 4.78 is 22.4. The van der Waals surface area contributed by atoms with Gasteiger partial charge in [0.15, 0.2) is 0 Å². The highest BCUT2D eigenvalue weighted by Gasteiger charge is 2.16. The van der Waals surface area contributed by atoms with Crippen molar-refractivity contribution >= 4 is 15.5 Å². The molecule has 1 fully saturated rings. The third-order valence-electron chi connectivity index (χ3n) is 3.49. The van der Waals surface area contributed by atoms with E-state index in [9.17, 15) is 8.42 Å². The highest BCUT2D eigenvalue weighted by Crippen LogP contribution is 2.15. The van der Waals surface area contributed by atoms with E-state index in [1.54, 1.807) is 0 Å². The lowest BCUT2D eigenvalue weighted by Gasteiger charge is -2.23. The van der Waals surface area contributed by atoms with Gasteiger partial charge in [-0.1, -0.05) is 18.2 Å². The zero-order valence-corrected chi connectivity index (χ0v) is 12.3. The summed E-state index contributed by atoms with van der Waals surface area (Å²) >= 11 is 0. The first-order valence-electron chi connectivity index (χ1n) is 6.75. The molecule has 1 aromatic carbocycles. The Morgan fingerprint density at radius 1 is 1.05 bits per heavy atom. The number of anilines is 1. The molecule has 0 spiro atoms. The van der Waals surface area contributed by atoms with Gasteiger partial charge in [-0.2, -0.15) is 0 Å². The van der Waals surface area contributed by atoms with Crippen molar-refractivity contribution in [1.29, 1.82) is 0 Å². The highest BCUT2D eigenvalue weighted by atomic mass is 32.2. The van der Waals surface area contributed by atoms with E-state index < -0.39 is 9.84 Å². The van der Waals surface area contributed by atoms with E-state index in [0.29, 0.717) is 6.54 Å². The van der Waals surface area contributed by atoms with Gasteiger partial charge in [0.05, 0.1) is 5.75 Å². The summed E-state index contributed by atoms with van der Waals surface area (Å²) in [5, 5.41) is 0. The summed E-state index contributed by atoms with van der Waals surface area (Å²) in [5.74, 6) is 0.262. The minimum absolute atomic E-state index is 0.262. The molecule has 106 valence electrons. The lowest BCUT2D eigenvalue weighted by atomic mass is 10.3. The molecule has 5 heteroatoms. The molecule has 4 nitrogen and oxygen atoms in total. The minimum atomic E-state index is -2.86. The Labute approximate surface area is 115 Å². The van der Waals surface area contributed by atoms with E-state index >= 15 is 0 Å². The van der Waals surface area contributed by atoms with Gasteiger partial charge in [-0.3, -0.25) is 0 Å². The number of hydrogen-bond acceptors (Lipinski definition) is 4. The fourth-order valence-electron chi connectivity index (χ4n) is 2.39. The Morgan fingerprint density at radius 2 is 1.79 bits per heavy atom. The van der Waals surface area contributed by atoms with Crippen LogP contribution in [0.4, 0.5) is 5.69 Å². The van der Waals surface area contributed by atoms with Crippen molar-refractivity contribution in [2.45, 2.75) is 6.42 Å². The molecule has 1 aliphatic heterocycles. The molecular weight excluding hydrogens is 260 g/mol. The SMILES string of the molecule is CS(=O)(=O)CCN1CCCN(c2ccccc2)CC1. The molecule has 0 bridgehead atoms. The maximum absolute atomic E-state index is 11.2. The predicted octanol–water partition coefficient (Wildman–Crippen LogP) is 1.24. The molecule has 1 aliphatic rings. The number of rotatable bonds is 4. The normalized spacial score (nSPS) is 18.3. The van der Waals surface area contributed by atoms with Crippen molar-refractivity contribution < 1.29 is 8.42 Å². The number of para-hydroxylation sites is 1. The van der Waals surface area contributed by atoms with E-state index in [2.05, 4.69) is 34.1 Å². The third-order valence-corrected chi connectivity index (χ3v) is 4.41. The van der Waals surface area contributed by atoms with E-state index in [-0.39, 0.29) is 5.75 Å². The second-order valence-electron chi connectivity index (χ2n) is 5.15. The maximum Gasteiger partial charge on any atom is 0.148 e. The zero-order chi connectivity index (χ0) is 13.7. The van der Waals surface area contributed by atoms with Crippen molar-refractivity contribution in [2.75, 3.05) is 49.6 Å². The lowest BCUT2D eigenvalue weighted by molar-refractivity contribution is 0.310. The average Bonchev–Trinajstić information content (AvgIpc) is 2.62. The van der Waals surface area contributed by atoms with Crippen molar-refractivity contribution in [3.8, 4) is 0 Å². The number of sulfone groups is 1. The van der Waals surface area contributed by atoms with E-state index in [1.165, 1.54) is 11.9 Å². The molecule has 0 atom stereocenters. The van der Waals surface area contributed by atoms with Crippen molar-refractivity contribution in [1.82, 2.24) is 4.90 Å². The van der Waals surface area contributed by atoms with Gasteiger partial charge in [-0.15, -0.1) is 0 Å². The van der Waals surface area contributed by atoms with Crippen molar-refractivity contribution in [2.24, 2.45) is 0 Å². The van der Waals surface area contributed by atoms with Crippen LogP contribution in [0.1, 0.15) is 6.42 Å². The predicted molar refractivity (Wildman–Crippen MR) is 79.4 cm³/mol. The van der Waals surface area contributed by atoms with Crippen molar-refractivity contribution in [3.63, 3.8) is 0 Å². The molecule has 0 saturated carbocycles. The molecule has 1 saturated heterocycles. The van der Waals surface area contributed by atoms with Gasteiger partial charge >= 0.3 is 0 Å². The van der Waals surface area contributed by atoms with Crippen LogP contribution in [0.2, 0.25) is 0 Å². The van der Waals surface area contributed by atoms with Crippen LogP contribution in [-0.4, -0.2) is 58.1 Å². The monoisotopic (exact) mass is 282 g/mol. The fraction of sp³-hybridized carbons (Fsp3) is 0.571. The maximum atomic E-state index is 11.2. The summed E-state index contributed by atoms with van der Waals surface area (Å²) in [6, 6.07) is 10.4. The quantitative estimate of drug-likeness (QED) is 0.833. The van der Waals surface area contributed by atoms with Crippen LogP contribution in [-0.2, 0) is 9.84 Å². The van der Waals surface area contributed by atoms with Gasteiger partial charge in [0, 0.05) is 38.1 Å². The fourth-order valence-corrected chi connectivity index (χ4v) is 2.98. The van der Waals surface area contributed by atoms with E-state index in [4.69, 9.17) is 0 Å². The van der Waals surface area contributed by atoms with Crippen LogP contribution in [0.3, 0.4) is 0 Å². The molecule has 0 N–H and O–H groups in total. The largest absolute Gasteiger partial charge is 0.370 e. The van der Waals surface area contributed by atoms with Crippen LogP contribution in [0.25, 0.3) is 0 Å². The van der Waals surface area contributed by atoms with Crippen molar-refractivity contribution in [3.05, 3.63) is 30.3 Å². The van der Waals surface area contributed by atoms with E-state index in [0.717, 1.165) is 32.6 Å². The average molecular weight is 282 g/mol. The second kappa shape index (κ2) is 6.39. The summed E-state index contributed by atoms with van der Waals surface area (Å²) in [6.45, 7) is 4.58. The molecule has 0 aliphatic carbocycles. The second-order valence-corrected chi connectivity index (χ2v) is 7.41. The Bertz CT molecular complexity index is 487. The summed E-state index contributed by atoms with van der Waals surface area (Å²) in [4.78, 5) is 4.63. The molecular formula is C14H22N2O2S. The Kier molecular flexibility index (Phi) is 4.82. The summed E-state index contributed by atoms with van der Waals surface area (Å²) in [6.07, 6.45) is 2.39. The third kappa shape index (κ3) is 4.84. The Morgan fingerprint density at radius 3 is 2.47 bits per heavy atom. The highest BCUT2D eigenvalue weighted by molar-refractivity contribution is 7.90. The topological polar surface area (TPSA) is 40.6 Å². The minimum Gasteiger partial charge on any atom is -0.370 e. The number of benzene rings is 1. The van der Waals surface area contributed by atoms with E-state index in [1.807, 2.05) is 6.07 Å². The van der Waals surface area contributed by atoms with Gasteiger partial charge in [0.2, 0.25) is 0 Å². The number of nitrogens with zero attached hydrogens (tertiary/aromatic N) is 2. The summed E-state index contributed by atoms with van der Waals surface area (Å²) in [5.41, 5.74) is 1.26. The number of hydrogen-bond donors (Lipinski definition) is 0. The molecule has 19 heavy (non-hydrogen) atoms. The molecule has 0 unspecified atom stereocenters. The molecule has 0 amide bonds. The molecule has 2 rings (SSSR count). The van der Waals surface area contributed by atoms with Gasteiger partial charge in [0.1, 0.15) is 9.84 Å². The smallest absolute Gasteiger partial charge is 0.148 e. The Balaban J connectivity index is 1.88. The van der Waals surface area contributed by atoms with Gasteiger partial charge in [-0.05, 0) is 25.1 Å². The summed E-state index contributed by atoms with van der Waals surface area (Å²) in [7, 11) is -2.86. The molecule has 0 aromatic heterocycles. The first-order chi connectivity index (χ1) is 9.04. The van der Waals surface area contributed by atoms with Crippen LogP contribution >= 0.6 is 0 Å². The first-order valence-corrected chi connectivity index (χ1v) is 8.81.